The second-order valence-corrected chi connectivity index (χ2v) is 5.29. The molecule has 0 atom stereocenters. The number of amides is 1. The van der Waals surface area contributed by atoms with Crippen LogP contribution in [0.5, 0.6) is 0 Å². The lowest BCUT2D eigenvalue weighted by molar-refractivity contribution is -0.122. The van der Waals surface area contributed by atoms with E-state index in [2.05, 4.69) is 9.98 Å². The molecule has 0 aliphatic carbocycles. The van der Waals surface area contributed by atoms with E-state index >= 15 is 0 Å². The van der Waals surface area contributed by atoms with Crippen LogP contribution in [0.4, 0.5) is 0 Å². The fourth-order valence-corrected chi connectivity index (χ4v) is 2.21. The van der Waals surface area contributed by atoms with Gasteiger partial charge < -0.3 is 13.9 Å². The molecule has 0 aliphatic rings. The second kappa shape index (κ2) is 8.12. The summed E-state index contributed by atoms with van der Waals surface area (Å²) < 4.78 is 7.32. The van der Waals surface area contributed by atoms with Crippen LogP contribution in [0.15, 0.2) is 52.6 Å². The van der Waals surface area contributed by atoms with Crippen molar-refractivity contribution < 1.29 is 9.21 Å². The standard InChI is InChI=1S/C17H22N4O2/c1-14(16-6-4-11-23-16)12-15(18-2)17(22)20(3)8-5-9-21-10-7-19-13-21/h4,6-7,10-13H,5,8-9H2,1-3H3/b14-12+,18-15?. The van der Waals surface area contributed by atoms with E-state index in [4.69, 9.17) is 4.42 Å². The molecule has 0 unspecified atom stereocenters. The summed E-state index contributed by atoms with van der Waals surface area (Å²) in [5, 5.41) is 0. The number of carbonyl (C=O) groups is 1. The van der Waals surface area contributed by atoms with Gasteiger partial charge in [-0.15, -0.1) is 0 Å². The van der Waals surface area contributed by atoms with Crippen LogP contribution in [-0.4, -0.2) is 46.7 Å². The third kappa shape index (κ3) is 4.67. The third-order valence-corrected chi connectivity index (χ3v) is 3.54. The molecule has 2 rings (SSSR count). The first-order chi connectivity index (χ1) is 11.1. The zero-order chi connectivity index (χ0) is 16.7. The van der Waals surface area contributed by atoms with Gasteiger partial charge in [0.2, 0.25) is 0 Å². The van der Waals surface area contributed by atoms with Gasteiger partial charge >= 0.3 is 0 Å². The SMILES string of the molecule is CN=C(/C=C(\C)c1ccco1)C(=O)N(C)CCCn1ccnc1. The first kappa shape index (κ1) is 16.7. The Morgan fingerprint density at radius 2 is 2.35 bits per heavy atom. The van der Waals surface area contributed by atoms with Crippen LogP contribution < -0.4 is 0 Å². The number of furan rings is 1. The minimum absolute atomic E-state index is 0.0935. The van der Waals surface area contributed by atoms with Crippen LogP contribution in [0, 0.1) is 0 Å². The zero-order valence-electron chi connectivity index (χ0n) is 13.8. The smallest absolute Gasteiger partial charge is 0.271 e. The number of imidazole rings is 1. The Morgan fingerprint density at radius 3 is 2.96 bits per heavy atom. The highest BCUT2D eigenvalue weighted by atomic mass is 16.3. The van der Waals surface area contributed by atoms with Crippen molar-refractivity contribution in [2.75, 3.05) is 20.6 Å². The molecular weight excluding hydrogens is 292 g/mol. The highest BCUT2D eigenvalue weighted by Crippen LogP contribution is 2.14. The van der Waals surface area contributed by atoms with Gasteiger partial charge in [-0.05, 0) is 37.1 Å². The molecular formula is C17H22N4O2. The van der Waals surface area contributed by atoms with E-state index in [9.17, 15) is 4.79 Å². The number of aromatic nitrogens is 2. The second-order valence-electron chi connectivity index (χ2n) is 5.29. The molecule has 2 aromatic heterocycles. The number of aliphatic imine (C=N–C) groups is 1. The molecule has 0 spiro atoms. The largest absolute Gasteiger partial charge is 0.465 e. The Balaban J connectivity index is 1.92. The van der Waals surface area contributed by atoms with E-state index < -0.39 is 0 Å². The molecule has 0 N–H and O–H groups in total. The monoisotopic (exact) mass is 314 g/mol. The lowest BCUT2D eigenvalue weighted by Crippen LogP contribution is -2.33. The van der Waals surface area contributed by atoms with Gasteiger partial charge in [-0.1, -0.05) is 0 Å². The van der Waals surface area contributed by atoms with Gasteiger partial charge in [0, 0.05) is 39.6 Å². The van der Waals surface area contributed by atoms with Gasteiger partial charge in [0.15, 0.2) is 0 Å². The molecule has 0 saturated carbocycles. The van der Waals surface area contributed by atoms with Crippen LogP contribution >= 0.6 is 0 Å². The summed E-state index contributed by atoms with van der Waals surface area (Å²) in [4.78, 5) is 22.3. The molecule has 23 heavy (non-hydrogen) atoms. The highest BCUT2D eigenvalue weighted by molar-refractivity contribution is 6.44. The molecule has 0 saturated heterocycles. The number of aryl methyl sites for hydroxylation is 1. The summed E-state index contributed by atoms with van der Waals surface area (Å²) in [6, 6.07) is 3.68. The fraction of sp³-hybridized carbons (Fsp3) is 0.353. The first-order valence-electron chi connectivity index (χ1n) is 7.52. The molecule has 122 valence electrons. The lowest BCUT2D eigenvalue weighted by atomic mass is 10.1. The minimum Gasteiger partial charge on any atom is -0.465 e. The minimum atomic E-state index is -0.0935. The van der Waals surface area contributed by atoms with Gasteiger partial charge in [-0.25, -0.2) is 4.98 Å². The number of rotatable bonds is 7. The van der Waals surface area contributed by atoms with Crippen molar-refractivity contribution in [3.8, 4) is 0 Å². The Kier molecular flexibility index (Phi) is 5.91. The van der Waals surface area contributed by atoms with Crippen LogP contribution in [0.25, 0.3) is 5.57 Å². The molecule has 0 bridgehead atoms. The predicted molar refractivity (Wildman–Crippen MR) is 90.2 cm³/mol. The molecule has 2 heterocycles. The molecule has 0 fully saturated rings. The van der Waals surface area contributed by atoms with E-state index in [0.29, 0.717) is 12.3 Å². The first-order valence-corrected chi connectivity index (χ1v) is 7.52. The van der Waals surface area contributed by atoms with Crippen molar-refractivity contribution in [2.45, 2.75) is 19.9 Å². The molecule has 0 aromatic carbocycles. The van der Waals surface area contributed by atoms with E-state index in [1.54, 1.807) is 43.9 Å². The number of hydrogen-bond acceptors (Lipinski definition) is 4. The van der Waals surface area contributed by atoms with Gasteiger partial charge in [-0.3, -0.25) is 9.79 Å². The molecule has 1 amide bonds. The number of hydrogen-bond donors (Lipinski definition) is 0. The van der Waals surface area contributed by atoms with Crippen LogP contribution in [0.3, 0.4) is 0 Å². The highest BCUT2D eigenvalue weighted by Gasteiger charge is 2.14. The maximum atomic E-state index is 12.5. The van der Waals surface area contributed by atoms with E-state index in [0.717, 1.165) is 24.3 Å². The van der Waals surface area contributed by atoms with Crippen LogP contribution in [0.2, 0.25) is 0 Å². The van der Waals surface area contributed by atoms with Crippen LogP contribution in [0.1, 0.15) is 19.1 Å². The van der Waals surface area contributed by atoms with Crippen LogP contribution in [-0.2, 0) is 11.3 Å². The van der Waals surface area contributed by atoms with Crippen molar-refractivity contribution in [3.63, 3.8) is 0 Å². The Morgan fingerprint density at radius 1 is 1.52 bits per heavy atom. The Hall–Kier alpha value is -2.63. The van der Waals surface area contributed by atoms with Crippen molar-refractivity contribution >= 4 is 17.2 Å². The lowest BCUT2D eigenvalue weighted by Gasteiger charge is -2.17. The molecule has 6 heteroatoms. The quantitative estimate of drug-likeness (QED) is 0.738. The molecule has 0 radical (unpaired) electrons. The summed E-state index contributed by atoms with van der Waals surface area (Å²) in [7, 11) is 3.41. The topological polar surface area (TPSA) is 63.6 Å². The maximum absolute atomic E-state index is 12.5. The number of carbonyl (C=O) groups excluding carboxylic acids is 1. The van der Waals surface area contributed by atoms with E-state index in [1.165, 1.54) is 0 Å². The number of nitrogens with zero attached hydrogens (tertiary/aromatic N) is 4. The van der Waals surface area contributed by atoms with Crippen molar-refractivity contribution in [2.24, 2.45) is 4.99 Å². The summed E-state index contributed by atoms with van der Waals surface area (Å²) in [5.74, 6) is 0.644. The maximum Gasteiger partial charge on any atom is 0.271 e. The normalized spacial score (nSPS) is 12.5. The molecule has 0 aliphatic heterocycles. The van der Waals surface area contributed by atoms with Crippen molar-refractivity contribution in [1.82, 2.24) is 14.5 Å². The third-order valence-electron chi connectivity index (χ3n) is 3.54. The average molecular weight is 314 g/mol. The van der Waals surface area contributed by atoms with E-state index in [-0.39, 0.29) is 5.91 Å². The van der Waals surface area contributed by atoms with E-state index in [1.807, 2.05) is 29.8 Å². The summed E-state index contributed by atoms with van der Waals surface area (Å²) >= 11 is 0. The van der Waals surface area contributed by atoms with Gasteiger partial charge in [0.25, 0.3) is 5.91 Å². The molecule has 6 nitrogen and oxygen atoms in total. The van der Waals surface area contributed by atoms with Gasteiger partial charge in [0.1, 0.15) is 11.5 Å². The Labute approximate surface area is 136 Å². The van der Waals surface area contributed by atoms with Crippen molar-refractivity contribution in [1.29, 1.82) is 0 Å². The number of allylic oxidation sites excluding steroid dienone is 1. The van der Waals surface area contributed by atoms with Gasteiger partial charge in [0.05, 0.1) is 12.6 Å². The zero-order valence-corrected chi connectivity index (χ0v) is 13.8. The van der Waals surface area contributed by atoms with Crippen molar-refractivity contribution in [3.05, 3.63) is 49.0 Å². The van der Waals surface area contributed by atoms with Gasteiger partial charge in [-0.2, -0.15) is 0 Å². The Bertz CT molecular complexity index is 670. The fourth-order valence-electron chi connectivity index (χ4n) is 2.21. The molecule has 2 aromatic rings. The predicted octanol–water partition coefficient (Wildman–Crippen LogP) is 2.50. The summed E-state index contributed by atoms with van der Waals surface area (Å²) in [6.45, 7) is 3.39. The summed E-state index contributed by atoms with van der Waals surface area (Å²) in [6.07, 6.45) is 9.66. The average Bonchev–Trinajstić information content (AvgIpc) is 3.24. The summed E-state index contributed by atoms with van der Waals surface area (Å²) in [5.41, 5.74) is 1.29.